The maximum atomic E-state index is 17.2. The van der Waals surface area contributed by atoms with Crippen LogP contribution in [0.5, 0.6) is 11.5 Å². The number of hydrogen-bond donors (Lipinski definition) is 2. The van der Waals surface area contributed by atoms with Gasteiger partial charge in [0.15, 0.2) is 0 Å². The van der Waals surface area contributed by atoms with Gasteiger partial charge in [-0.2, -0.15) is 17.6 Å². The lowest BCUT2D eigenvalue weighted by atomic mass is 10.0. The maximum absolute atomic E-state index is 17.2. The lowest BCUT2D eigenvalue weighted by Gasteiger charge is -2.39. The van der Waals surface area contributed by atoms with E-state index in [-0.39, 0.29) is 43.5 Å². The van der Waals surface area contributed by atoms with Crippen LogP contribution < -0.4 is 19.9 Å². The Hall–Kier alpha value is -4.31. The zero-order chi connectivity index (χ0) is 34.0. The van der Waals surface area contributed by atoms with Crippen LogP contribution in [-0.4, -0.2) is 44.8 Å². The Labute approximate surface area is 277 Å². The molecule has 2 heterocycles. The molecular weight excluding hydrogens is 682 g/mol. The van der Waals surface area contributed by atoms with Crippen LogP contribution in [0.1, 0.15) is 11.1 Å². The van der Waals surface area contributed by atoms with E-state index in [9.17, 15) is 21.6 Å². The molecule has 0 saturated heterocycles. The fourth-order valence-electron chi connectivity index (χ4n) is 4.62. The molecule has 0 saturated carbocycles. The Kier molecular flexibility index (Phi) is 9.73. The molecule has 9 nitrogen and oxygen atoms in total. The third-order valence-corrected chi connectivity index (χ3v) is 9.92. The van der Waals surface area contributed by atoms with Crippen molar-refractivity contribution in [2.75, 3.05) is 20.0 Å². The highest BCUT2D eigenvalue weighted by atomic mass is 35.5. The van der Waals surface area contributed by atoms with Crippen molar-refractivity contribution in [2.45, 2.75) is 28.6 Å². The average Bonchev–Trinajstić information content (AvgIpc) is 3.04. The minimum atomic E-state index is -4.67. The first-order valence-corrected chi connectivity index (χ1v) is 16.2. The van der Waals surface area contributed by atoms with E-state index >= 15 is 4.39 Å². The van der Waals surface area contributed by atoms with E-state index in [0.29, 0.717) is 16.9 Å². The molecule has 0 bridgehead atoms. The number of thioether (sulfide) groups is 1. The number of anilines is 1. The number of aromatic nitrogens is 1. The predicted octanol–water partition coefficient (Wildman–Crippen LogP) is 7.01. The lowest BCUT2D eigenvalue weighted by Crippen LogP contribution is -2.56. The normalized spacial score (nSPS) is 16.8. The summed E-state index contributed by atoms with van der Waals surface area (Å²) in [6, 6.07) is 14.6. The van der Waals surface area contributed by atoms with Gasteiger partial charge in [-0.3, -0.25) is 4.90 Å². The molecule has 0 amide bonds. The highest BCUT2D eigenvalue weighted by molar-refractivity contribution is 8.03. The first kappa shape index (κ1) is 34.0. The molecule has 0 radical (unpaired) electrons. The summed E-state index contributed by atoms with van der Waals surface area (Å²) in [7, 11) is -1.67. The van der Waals surface area contributed by atoms with Crippen LogP contribution in [0.3, 0.4) is 0 Å². The smallest absolute Gasteiger partial charge is 0.416 e. The molecule has 1 aliphatic rings. The second-order valence-corrected chi connectivity index (χ2v) is 13.1. The Morgan fingerprint density at radius 3 is 2.43 bits per heavy atom. The number of aliphatic imine (C=N–C) groups is 1. The topological polar surface area (TPSA) is 119 Å². The number of rotatable bonds is 10. The zero-order valence-electron chi connectivity index (χ0n) is 24.6. The molecule has 3 N–H and O–H groups in total. The summed E-state index contributed by atoms with van der Waals surface area (Å²) in [5, 5.41) is -0.185. The highest BCUT2D eigenvalue weighted by Crippen LogP contribution is 2.46. The largest absolute Gasteiger partial charge is 0.497 e. The second-order valence-electron chi connectivity index (χ2n) is 9.96. The Morgan fingerprint density at radius 1 is 1.02 bits per heavy atom. The van der Waals surface area contributed by atoms with Gasteiger partial charge in [0.25, 0.3) is 0 Å². The van der Waals surface area contributed by atoms with Crippen molar-refractivity contribution < 1.29 is 35.5 Å². The van der Waals surface area contributed by atoms with Gasteiger partial charge in [0.05, 0.1) is 36.3 Å². The van der Waals surface area contributed by atoms with E-state index in [1.54, 1.807) is 24.3 Å². The van der Waals surface area contributed by atoms with E-state index in [0.717, 1.165) is 35.0 Å². The second kappa shape index (κ2) is 13.4. The van der Waals surface area contributed by atoms with Crippen LogP contribution in [0.15, 0.2) is 110 Å². The van der Waals surface area contributed by atoms with Crippen LogP contribution >= 0.6 is 23.4 Å². The number of alkyl halides is 4. The molecule has 4 aromatic rings. The van der Waals surface area contributed by atoms with Gasteiger partial charge in [-0.1, -0.05) is 41.6 Å². The number of nitrogens with zero attached hydrogens (tertiary/aromatic N) is 3. The summed E-state index contributed by atoms with van der Waals surface area (Å²) < 4.78 is 98.2. The summed E-state index contributed by atoms with van der Waals surface area (Å²) in [6.45, 7) is -0.366. The molecule has 16 heteroatoms. The van der Waals surface area contributed by atoms with E-state index in [1.165, 1.54) is 62.9 Å². The number of nitrogen functional groups attached to an aromatic ring is 1. The molecule has 0 fully saturated rings. The van der Waals surface area contributed by atoms with Crippen LogP contribution in [0.4, 0.5) is 23.4 Å². The number of sulfonamides is 1. The number of nitrogens with one attached hydrogen (secondary N) is 1. The minimum absolute atomic E-state index is 0.0595. The predicted molar refractivity (Wildman–Crippen MR) is 172 cm³/mol. The van der Waals surface area contributed by atoms with Gasteiger partial charge in [0.2, 0.25) is 10.0 Å². The summed E-state index contributed by atoms with van der Waals surface area (Å²) >= 11 is 7.43. The Morgan fingerprint density at radius 2 is 1.77 bits per heavy atom. The number of hydrogen-bond acceptors (Lipinski definition) is 9. The number of halogens is 5. The average molecular weight is 708 g/mol. The highest BCUT2D eigenvalue weighted by Gasteiger charge is 2.46. The van der Waals surface area contributed by atoms with E-state index in [1.807, 2.05) is 4.72 Å². The van der Waals surface area contributed by atoms with Crippen LogP contribution in [0.25, 0.3) is 11.1 Å². The van der Waals surface area contributed by atoms with Crippen molar-refractivity contribution in [1.82, 2.24) is 14.6 Å². The molecule has 0 spiro atoms. The van der Waals surface area contributed by atoms with Gasteiger partial charge >= 0.3 is 12.2 Å². The molecule has 1 aromatic heterocycles. The quantitative estimate of drug-likeness (QED) is 0.134. The summed E-state index contributed by atoms with van der Waals surface area (Å²) in [5.41, 5.74) is 5.67. The van der Waals surface area contributed by atoms with Crippen molar-refractivity contribution in [1.29, 1.82) is 0 Å². The van der Waals surface area contributed by atoms with Gasteiger partial charge < -0.3 is 15.2 Å². The molecule has 5 rings (SSSR count). The van der Waals surface area contributed by atoms with Crippen molar-refractivity contribution in [2.24, 2.45) is 4.99 Å². The van der Waals surface area contributed by atoms with Crippen molar-refractivity contribution >= 4 is 45.4 Å². The van der Waals surface area contributed by atoms with E-state index < -0.39 is 27.8 Å². The van der Waals surface area contributed by atoms with Gasteiger partial charge in [-0.25, -0.2) is 18.4 Å². The molecule has 47 heavy (non-hydrogen) atoms. The number of benzene rings is 3. The van der Waals surface area contributed by atoms with Gasteiger partial charge in [-0.15, -0.1) is 4.72 Å². The first-order chi connectivity index (χ1) is 22.2. The number of methoxy groups -OCH3 is 2. The number of allylic oxidation sites excluding steroid dienone is 1. The molecule has 0 aliphatic carbocycles. The lowest BCUT2D eigenvalue weighted by molar-refractivity contribution is -0.137. The van der Waals surface area contributed by atoms with Crippen molar-refractivity contribution in [3.63, 3.8) is 0 Å². The number of ether oxygens (including phenoxy) is 2. The van der Waals surface area contributed by atoms with Crippen LogP contribution in [-0.2, 0) is 22.7 Å². The molecule has 1 unspecified atom stereocenters. The third kappa shape index (κ3) is 7.48. The zero-order valence-corrected chi connectivity index (χ0v) is 27.0. The number of nitrogens with two attached hydrogens (primary N) is 1. The monoisotopic (exact) mass is 707 g/mol. The minimum Gasteiger partial charge on any atom is -0.497 e. The van der Waals surface area contributed by atoms with E-state index in [4.69, 9.17) is 26.8 Å². The first-order valence-electron chi connectivity index (χ1n) is 13.6. The van der Waals surface area contributed by atoms with Gasteiger partial charge in [0, 0.05) is 28.9 Å². The van der Waals surface area contributed by atoms with Crippen LogP contribution in [0.2, 0.25) is 0 Å². The Balaban J connectivity index is 1.65. The molecule has 1 aliphatic heterocycles. The SMILES string of the molecule is COc1ccc(CN2C(Sc3ccc(C(F)(F)F)cc3-c3ccnc(N)c3)=C(Cl)C=NC2(F)NS(=O)(=O)c2ccccc2)c(OC)c1. The molecule has 3 aromatic carbocycles. The standard InChI is InChI=1S/C31H26ClF4N5O4S2/c1-44-22-10-8-20(26(16-22)45-2)18-41-29(25(32)17-39-31(41,36)40-47(42,43)23-6-4-3-5-7-23)46-27-11-9-21(30(33,34)35)15-24(27)19-12-13-38-28(37)14-19/h3-17,40H,18H2,1-2H3,(H2,37,38). The summed E-state index contributed by atoms with van der Waals surface area (Å²) in [4.78, 5) is 8.70. The summed E-state index contributed by atoms with van der Waals surface area (Å²) in [5.74, 6) is 0.770. The number of pyridine rings is 1. The van der Waals surface area contributed by atoms with Gasteiger partial charge in [0.1, 0.15) is 22.3 Å². The summed E-state index contributed by atoms with van der Waals surface area (Å²) in [6.07, 6.45) is -2.40. The van der Waals surface area contributed by atoms with Crippen LogP contribution in [0, 0.1) is 0 Å². The molecule has 1 atom stereocenters. The Bertz CT molecular complexity index is 1960. The van der Waals surface area contributed by atoms with Gasteiger partial charge in [-0.05, 0) is 65.7 Å². The molecular formula is C31H26ClF4N5O4S2. The fraction of sp³-hybridized carbons (Fsp3) is 0.161. The third-order valence-electron chi connectivity index (χ3n) is 6.90. The maximum Gasteiger partial charge on any atom is 0.416 e. The van der Waals surface area contributed by atoms with Crippen molar-refractivity contribution in [3.05, 3.63) is 106 Å². The van der Waals surface area contributed by atoms with E-state index in [2.05, 4.69) is 9.98 Å². The van der Waals surface area contributed by atoms with Crippen molar-refractivity contribution in [3.8, 4) is 22.6 Å². The fourth-order valence-corrected chi connectivity index (χ4v) is 7.10. The molecule has 246 valence electrons.